The molecule has 0 saturated heterocycles. The van der Waals surface area contributed by atoms with Gasteiger partial charge in [-0.25, -0.2) is 0 Å². The van der Waals surface area contributed by atoms with Crippen molar-refractivity contribution < 1.29 is 4.46 Å². The lowest BCUT2D eigenvalue weighted by Crippen LogP contribution is -1.98. The molecule has 0 aromatic heterocycles. The summed E-state index contributed by atoms with van der Waals surface area (Å²) in [6, 6.07) is 2.05. The first-order valence-electron chi connectivity index (χ1n) is 12.3. The van der Waals surface area contributed by atoms with Crippen LogP contribution in [0.5, 0.6) is 0 Å². The summed E-state index contributed by atoms with van der Waals surface area (Å²) in [5.41, 5.74) is 0. The van der Waals surface area contributed by atoms with E-state index in [4.69, 9.17) is 0 Å². The molecule has 0 aromatic carbocycles. The maximum atomic E-state index is 12.1. The van der Waals surface area contributed by atoms with Crippen LogP contribution in [-0.2, 0) is 4.46 Å². The van der Waals surface area contributed by atoms with Gasteiger partial charge in [-0.3, -0.25) is 0 Å². The minimum atomic E-state index is -1.25. The fourth-order valence-corrected chi connectivity index (χ4v) is 5.28. The fourth-order valence-electron chi connectivity index (χ4n) is 3.74. The second-order valence-electron chi connectivity index (χ2n) is 8.40. The molecule has 1 nitrogen and oxygen atoms in total. The van der Waals surface area contributed by atoms with Crippen LogP contribution in [0.2, 0.25) is 12.1 Å². The predicted octanol–water partition coefficient (Wildman–Crippen LogP) is 9.25. The second kappa shape index (κ2) is 23.1. The minimum Gasteiger partial charge on any atom is -0.388 e. The molecule has 2 heteroatoms. The second-order valence-corrected chi connectivity index (χ2v) is 10.5. The highest BCUT2D eigenvalue weighted by Gasteiger charge is 2.04. The lowest BCUT2D eigenvalue weighted by molar-refractivity contribution is 0.536. The van der Waals surface area contributed by atoms with Gasteiger partial charge in [0.1, 0.15) is 0 Å². The van der Waals surface area contributed by atoms with Crippen LogP contribution in [0.4, 0.5) is 0 Å². The Hall–Kier alpha value is 0.0169. The zero-order valence-electron chi connectivity index (χ0n) is 18.5. The van der Waals surface area contributed by atoms with E-state index in [-0.39, 0.29) is 0 Å². The van der Waals surface area contributed by atoms with Crippen molar-refractivity contribution >= 4 is 8.68 Å². The Morgan fingerprint density at radius 3 is 0.885 bits per heavy atom. The SMILES string of the molecule is CCCCCCCCCCCC[Si](=O)CCCCCCCCCCCC. The standard InChI is InChI=1S/C24H50OSi/c1-3-5-7-9-11-13-15-17-19-21-23-26(25)24-22-20-18-16-14-12-10-8-6-4-2/h3-24H2,1-2H3. The van der Waals surface area contributed by atoms with Crippen LogP contribution in [0.15, 0.2) is 0 Å². The van der Waals surface area contributed by atoms with E-state index in [1.165, 1.54) is 128 Å². The molecule has 0 aromatic rings. The van der Waals surface area contributed by atoms with Gasteiger partial charge in [0.2, 0.25) is 0 Å². The highest BCUT2D eigenvalue weighted by atomic mass is 28.3. The van der Waals surface area contributed by atoms with Gasteiger partial charge in [0.05, 0.1) is 0 Å². The zero-order valence-corrected chi connectivity index (χ0v) is 19.5. The van der Waals surface area contributed by atoms with Gasteiger partial charge >= 0.3 is 0 Å². The molecule has 0 aliphatic carbocycles. The van der Waals surface area contributed by atoms with Gasteiger partial charge in [0, 0.05) is 0 Å². The molecule has 0 saturated carbocycles. The highest BCUT2D eigenvalue weighted by molar-refractivity contribution is 6.42. The van der Waals surface area contributed by atoms with Crippen LogP contribution in [0.1, 0.15) is 142 Å². The third kappa shape index (κ3) is 22.1. The molecule has 0 rings (SSSR count). The van der Waals surface area contributed by atoms with E-state index >= 15 is 0 Å². The Balaban J connectivity index is 3.13. The van der Waals surface area contributed by atoms with Gasteiger partial charge in [-0.05, 0) is 24.9 Å². The minimum absolute atomic E-state index is 1.03. The summed E-state index contributed by atoms with van der Waals surface area (Å²) in [7, 11) is -1.25. The van der Waals surface area contributed by atoms with E-state index in [0.29, 0.717) is 0 Å². The summed E-state index contributed by atoms with van der Waals surface area (Å²) in [5.74, 6) is 0. The van der Waals surface area contributed by atoms with Crippen molar-refractivity contribution in [2.24, 2.45) is 0 Å². The molecule has 0 amide bonds. The smallest absolute Gasteiger partial charge is 0.276 e. The van der Waals surface area contributed by atoms with E-state index in [2.05, 4.69) is 13.8 Å². The van der Waals surface area contributed by atoms with Crippen molar-refractivity contribution in [3.05, 3.63) is 0 Å². The molecule has 0 N–H and O–H groups in total. The van der Waals surface area contributed by atoms with Gasteiger partial charge in [-0.1, -0.05) is 129 Å². The molecule has 0 heterocycles. The molecule has 156 valence electrons. The molecule has 0 atom stereocenters. The Labute approximate surface area is 167 Å². The molecule has 0 bridgehead atoms. The topological polar surface area (TPSA) is 17.1 Å². The van der Waals surface area contributed by atoms with E-state index in [9.17, 15) is 4.46 Å². The van der Waals surface area contributed by atoms with E-state index in [1.807, 2.05) is 0 Å². The van der Waals surface area contributed by atoms with Gasteiger partial charge in [0.15, 0.2) is 0 Å². The van der Waals surface area contributed by atoms with Crippen LogP contribution in [0, 0.1) is 0 Å². The monoisotopic (exact) mass is 382 g/mol. The maximum absolute atomic E-state index is 12.1. The van der Waals surface area contributed by atoms with Crippen LogP contribution < -0.4 is 0 Å². The summed E-state index contributed by atoms with van der Waals surface area (Å²) in [6.45, 7) is 4.56. The molecule has 0 spiro atoms. The van der Waals surface area contributed by atoms with Gasteiger partial charge in [-0.15, -0.1) is 0 Å². The molecular weight excluding hydrogens is 332 g/mol. The fraction of sp³-hybridized carbons (Fsp3) is 1.00. The Morgan fingerprint density at radius 2 is 0.615 bits per heavy atom. The van der Waals surface area contributed by atoms with Crippen molar-refractivity contribution in [2.45, 2.75) is 154 Å². The first-order chi connectivity index (χ1) is 12.8. The van der Waals surface area contributed by atoms with Gasteiger partial charge < -0.3 is 4.46 Å². The Bertz CT molecular complexity index is 251. The lowest BCUT2D eigenvalue weighted by Gasteiger charge is -2.03. The summed E-state index contributed by atoms with van der Waals surface area (Å²) >= 11 is 0. The van der Waals surface area contributed by atoms with Crippen molar-refractivity contribution in [1.29, 1.82) is 0 Å². The quantitative estimate of drug-likeness (QED) is 0.135. The third-order valence-corrected chi connectivity index (χ3v) is 7.44. The number of rotatable bonds is 22. The molecular formula is C24H50OSi. The van der Waals surface area contributed by atoms with Gasteiger partial charge in [-0.2, -0.15) is 0 Å². The largest absolute Gasteiger partial charge is 0.388 e. The zero-order chi connectivity index (χ0) is 19.1. The Kier molecular flexibility index (Phi) is 23.1. The van der Waals surface area contributed by atoms with Crippen molar-refractivity contribution in [3.8, 4) is 0 Å². The average molecular weight is 383 g/mol. The number of hydrogen-bond acceptors (Lipinski definition) is 1. The predicted molar refractivity (Wildman–Crippen MR) is 120 cm³/mol. The first kappa shape index (κ1) is 26.0. The van der Waals surface area contributed by atoms with Crippen LogP contribution in [-0.4, -0.2) is 8.68 Å². The third-order valence-electron chi connectivity index (χ3n) is 5.62. The molecule has 0 aliphatic rings. The van der Waals surface area contributed by atoms with Crippen LogP contribution in [0.3, 0.4) is 0 Å². The summed E-state index contributed by atoms with van der Waals surface area (Å²) < 4.78 is 12.1. The first-order valence-corrected chi connectivity index (χ1v) is 14.1. The average Bonchev–Trinajstić information content (AvgIpc) is 2.64. The molecule has 0 unspecified atom stereocenters. The molecule has 26 heavy (non-hydrogen) atoms. The van der Waals surface area contributed by atoms with Crippen molar-refractivity contribution in [3.63, 3.8) is 0 Å². The van der Waals surface area contributed by atoms with Gasteiger partial charge in [0.25, 0.3) is 8.68 Å². The van der Waals surface area contributed by atoms with Crippen LogP contribution >= 0.6 is 0 Å². The number of hydrogen-bond donors (Lipinski definition) is 0. The van der Waals surface area contributed by atoms with E-state index in [1.54, 1.807) is 0 Å². The molecule has 0 radical (unpaired) electrons. The Morgan fingerprint density at radius 1 is 0.385 bits per heavy atom. The molecule has 0 fully saturated rings. The maximum Gasteiger partial charge on any atom is 0.276 e. The van der Waals surface area contributed by atoms with Crippen molar-refractivity contribution in [1.82, 2.24) is 0 Å². The number of unbranched alkanes of at least 4 members (excludes halogenated alkanes) is 18. The van der Waals surface area contributed by atoms with E-state index in [0.717, 1.165) is 12.1 Å². The van der Waals surface area contributed by atoms with E-state index < -0.39 is 8.68 Å². The summed E-state index contributed by atoms with van der Waals surface area (Å²) in [4.78, 5) is 0. The van der Waals surface area contributed by atoms with Crippen molar-refractivity contribution in [2.75, 3.05) is 0 Å². The summed E-state index contributed by atoms with van der Waals surface area (Å²) in [6.07, 6.45) is 27.5. The normalized spacial score (nSPS) is 11.2. The molecule has 0 aliphatic heterocycles. The summed E-state index contributed by atoms with van der Waals surface area (Å²) in [5, 5.41) is 0. The van der Waals surface area contributed by atoms with Crippen LogP contribution in [0.25, 0.3) is 0 Å². The lowest BCUT2D eigenvalue weighted by atomic mass is 10.1. The highest BCUT2D eigenvalue weighted by Crippen LogP contribution is 2.14.